The number of hydrogen-bond donors (Lipinski definition) is 2. The van der Waals surface area contributed by atoms with E-state index in [9.17, 15) is 14.9 Å². The van der Waals surface area contributed by atoms with Gasteiger partial charge >= 0.3 is 5.97 Å². The Bertz CT molecular complexity index is 1110. The number of carboxylic acids is 1. The van der Waals surface area contributed by atoms with E-state index in [1.54, 1.807) is 35.1 Å². The monoisotopic (exact) mass is 423 g/mol. The van der Waals surface area contributed by atoms with Crippen molar-refractivity contribution in [3.63, 3.8) is 0 Å². The number of carboxylic acid groups (broad SMARTS) is 1. The van der Waals surface area contributed by atoms with Crippen LogP contribution in [-0.4, -0.2) is 46.2 Å². The maximum absolute atomic E-state index is 10.9. The lowest BCUT2D eigenvalue weighted by Gasteiger charge is -2.00. The van der Waals surface area contributed by atoms with Crippen molar-refractivity contribution in [2.24, 2.45) is 0 Å². The number of non-ortho nitro benzene ring substituents is 1. The Balaban J connectivity index is 1.40. The minimum atomic E-state index is -0.989. The number of aromatic amines is 1. The summed E-state index contributed by atoms with van der Waals surface area (Å²) in [4.78, 5) is 25.6. The zero-order valence-electron chi connectivity index (χ0n) is 15.2. The predicted molar refractivity (Wildman–Crippen MR) is 106 cm³/mol. The second-order valence-electron chi connectivity index (χ2n) is 6.07. The quantitative estimate of drug-likeness (QED) is 0.259. The number of nitro benzene ring substituents is 1. The van der Waals surface area contributed by atoms with Crippen LogP contribution in [0.2, 0.25) is 0 Å². The van der Waals surface area contributed by atoms with Crippen LogP contribution in [-0.2, 0) is 5.75 Å². The fraction of sp³-hybridized carbons (Fsp3) is 0.0556. The molecule has 30 heavy (non-hydrogen) atoms. The number of nitro groups is 1. The Kier molecular flexibility index (Phi) is 5.22. The summed E-state index contributed by atoms with van der Waals surface area (Å²) in [5, 5.41) is 35.3. The minimum absolute atomic E-state index is 0.00792. The van der Waals surface area contributed by atoms with Crippen molar-refractivity contribution in [2.75, 3.05) is 0 Å². The van der Waals surface area contributed by atoms with Crippen LogP contribution >= 0.6 is 11.8 Å². The summed E-state index contributed by atoms with van der Waals surface area (Å²) in [6, 6.07) is 12.3. The molecular weight excluding hydrogens is 410 g/mol. The second kappa shape index (κ2) is 8.13. The van der Waals surface area contributed by atoms with Crippen molar-refractivity contribution in [1.82, 2.24) is 30.2 Å². The average Bonchev–Trinajstić information content (AvgIpc) is 3.42. The molecule has 0 atom stereocenters. The van der Waals surface area contributed by atoms with E-state index in [-0.39, 0.29) is 11.3 Å². The van der Waals surface area contributed by atoms with Crippen LogP contribution in [0.3, 0.4) is 0 Å². The fourth-order valence-corrected chi connectivity index (χ4v) is 3.24. The van der Waals surface area contributed by atoms with Gasteiger partial charge in [0.1, 0.15) is 0 Å². The normalized spacial score (nSPS) is 10.8. The summed E-state index contributed by atoms with van der Waals surface area (Å²) < 4.78 is 1.56. The van der Waals surface area contributed by atoms with Crippen LogP contribution in [0.5, 0.6) is 0 Å². The third-order valence-corrected chi connectivity index (χ3v) is 4.97. The van der Waals surface area contributed by atoms with E-state index in [1.807, 2.05) is 0 Å². The molecule has 0 saturated heterocycles. The molecule has 4 aromatic rings. The van der Waals surface area contributed by atoms with Crippen LogP contribution in [0.1, 0.15) is 16.1 Å². The molecule has 12 heteroatoms. The molecule has 0 amide bonds. The fourth-order valence-electron chi connectivity index (χ4n) is 2.57. The van der Waals surface area contributed by atoms with Crippen molar-refractivity contribution in [2.45, 2.75) is 10.9 Å². The number of aromatic nitrogens is 6. The molecule has 0 bridgehead atoms. The van der Waals surface area contributed by atoms with Crippen LogP contribution in [0.4, 0.5) is 5.69 Å². The Morgan fingerprint density at radius 3 is 2.57 bits per heavy atom. The Morgan fingerprint density at radius 2 is 1.90 bits per heavy atom. The first-order valence-electron chi connectivity index (χ1n) is 8.54. The first-order valence-corrected chi connectivity index (χ1v) is 9.53. The lowest BCUT2D eigenvalue weighted by Crippen LogP contribution is -1.98. The number of hydrogen-bond acceptors (Lipinski definition) is 8. The smallest absolute Gasteiger partial charge is 0.335 e. The average molecular weight is 423 g/mol. The minimum Gasteiger partial charge on any atom is -0.478 e. The molecule has 0 aliphatic heterocycles. The standard InChI is InChI=1S/C18H13N7O4S/c26-17(27)12-3-5-14(6-4-12)24-9-13(20-23-24)10-30-18-19-16(21-22-18)11-1-7-15(8-2-11)25(28)29/h1-9H,10H2,(H,26,27)(H,19,21,22). The largest absolute Gasteiger partial charge is 0.478 e. The van der Waals surface area contributed by atoms with Gasteiger partial charge in [-0.1, -0.05) is 17.0 Å². The van der Waals surface area contributed by atoms with E-state index >= 15 is 0 Å². The molecule has 0 spiro atoms. The lowest BCUT2D eigenvalue weighted by atomic mass is 10.2. The Hall–Kier alpha value is -4.06. The molecule has 150 valence electrons. The van der Waals surface area contributed by atoms with Crippen molar-refractivity contribution in [3.8, 4) is 17.1 Å². The third kappa shape index (κ3) is 4.17. The van der Waals surface area contributed by atoms with Gasteiger partial charge < -0.3 is 5.11 Å². The Morgan fingerprint density at radius 1 is 1.17 bits per heavy atom. The molecule has 0 aliphatic rings. The lowest BCUT2D eigenvalue weighted by molar-refractivity contribution is -0.384. The van der Waals surface area contributed by atoms with Gasteiger partial charge in [0.25, 0.3) is 5.69 Å². The summed E-state index contributed by atoms with van der Waals surface area (Å²) >= 11 is 1.36. The van der Waals surface area contributed by atoms with Crippen LogP contribution < -0.4 is 0 Å². The summed E-state index contributed by atoms with van der Waals surface area (Å²) in [6.07, 6.45) is 1.74. The summed E-state index contributed by atoms with van der Waals surface area (Å²) in [7, 11) is 0. The van der Waals surface area contributed by atoms with E-state index in [4.69, 9.17) is 5.11 Å². The molecule has 0 aliphatic carbocycles. The molecular formula is C18H13N7O4S. The van der Waals surface area contributed by atoms with E-state index in [2.05, 4.69) is 25.5 Å². The highest BCUT2D eigenvalue weighted by molar-refractivity contribution is 7.98. The number of rotatable bonds is 7. The molecule has 2 aromatic heterocycles. The van der Waals surface area contributed by atoms with Crippen LogP contribution in [0.25, 0.3) is 17.1 Å². The van der Waals surface area contributed by atoms with Crippen molar-refractivity contribution in [3.05, 3.63) is 76.1 Å². The summed E-state index contributed by atoms with van der Waals surface area (Å²) in [5.74, 6) is -0.00324. The molecule has 0 radical (unpaired) electrons. The molecule has 2 aromatic carbocycles. The first kappa shape index (κ1) is 19.3. The number of nitrogens with one attached hydrogen (secondary N) is 1. The maximum atomic E-state index is 10.9. The van der Waals surface area contributed by atoms with Crippen LogP contribution in [0.15, 0.2) is 59.9 Å². The van der Waals surface area contributed by atoms with E-state index in [0.717, 1.165) is 0 Å². The van der Waals surface area contributed by atoms with E-state index in [1.165, 1.54) is 36.0 Å². The van der Waals surface area contributed by atoms with Gasteiger partial charge in [0, 0.05) is 23.4 Å². The highest BCUT2D eigenvalue weighted by Gasteiger charge is 2.11. The van der Waals surface area contributed by atoms with Gasteiger partial charge in [0.2, 0.25) is 5.16 Å². The van der Waals surface area contributed by atoms with Crippen molar-refractivity contribution < 1.29 is 14.8 Å². The topological polar surface area (TPSA) is 153 Å². The number of thioether (sulfide) groups is 1. The summed E-state index contributed by atoms with van der Waals surface area (Å²) in [6.45, 7) is 0. The third-order valence-electron chi connectivity index (χ3n) is 4.09. The molecule has 0 saturated carbocycles. The van der Waals surface area contributed by atoms with Gasteiger partial charge in [-0.05, 0) is 36.4 Å². The van der Waals surface area contributed by atoms with Gasteiger partial charge in [0.05, 0.1) is 28.1 Å². The number of H-pyrrole nitrogens is 1. The number of benzene rings is 2. The molecule has 11 nitrogen and oxygen atoms in total. The second-order valence-corrected chi connectivity index (χ2v) is 7.01. The van der Waals surface area contributed by atoms with E-state index < -0.39 is 10.9 Å². The number of nitrogens with zero attached hydrogens (tertiary/aromatic N) is 6. The number of carbonyl (C=O) groups is 1. The van der Waals surface area contributed by atoms with Gasteiger partial charge in [-0.3, -0.25) is 15.2 Å². The molecule has 2 heterocycles. The highest BCUT2D eigenvalue weighted by Crippen LogP contribution is 2.23. The van der Waals surface area contributed by atoms with Crippen molar-refractivity contribution >= 4 is 23.4 Å². The van der Waals surface area contributed by atoms with Gasteiger partial charge in [-0.15, -0.1) is 10.2 Å². The van der Waals surface area contributed by atoms with Crippen LogP contribution in [0, 0.1) is 10.1 Å². The molecule has 4 rings (SSSR count). The van der Waals surface area contributed by atoms with Crippen molar-refractivity contribution in [1.29, 1.82) is 0 Å². The summed E-state index contributed by atoms with van der Waals surface area (Å²) in [5.41, 5.74) is 2.29. The SMILES string of the molecule is O=C(O)c1ccc(-n2cc(CSc3n[nH]c(-c4ccc([N+](=O)[O-])cc4)n3)nn2)cc1. The van der Waals surface area contributed by atoms with Gasteiger partial charge in [0.15, 0.2) is 5.82 Å². The zero-order valence-corrected chi connectivity index (χ0v) is 16.0. The predicted octanol–water partition coefficient (Wildman–Crippen LogP) is 2.95. The molecule has 0 unspecified atom stereocenters. The maximum Gasteiger partial charge on any atom is 0.335 e. The van der Waals surface area contributed by atoms with Gasteiger partial charge in [-0.2, -0.15) is 0 Å². The van der Waals surface area contributed by atoms with Gasteiger partial charge in [-0.25, -0.2) is 14.5 Å². The zero-order chi connectivity index (χ0) is 21.1. The van der Waals surface area contributed by atoms with E-state index in [0.29, 0.717) is 33.7 Å². The molecule has 0 fully saturated rings. The Labute approximate surface area is 172 Å². The first-order chi connectivity index (χ1) is 14.5. The highest BCUT2D eigenvalue weighted by atomic mass is 32.2. The molecule has 2 N–H and O–H groups in total. The number of aromatic carboxylic acids is 1.